The lowest BCUT2D eigenvalue weighted by Gasteiger charge is -2.05. The Kier molecular flexibility index (Phi) is 3.58. The predicted octanol–water partition coefficient (Wildman–Crippen LogP) is 3.48. The maximum absolute atomic E-state index is 10.9. The highest BCUT2D eigenvalue weighted by Crippen LogP contribution is 2.27. The molecule has 4 heteroatoms. The minimum Gasteiger partial charge on any atom is -0.508 e. The van der Waals surface area contributed by atoms with Crippen LogP contribution in [0.25, 0.3) is 11.1 Å². The number of hydrogen-bond acceptors (Lipinski definition) is 3. The molecule has 0 aliphatic carbocycles. The third-order valence-electron chi connectivity index (χ3n) is 2.59. The number of aromatic carboxylic acids is 1. The van der Waals surface area contributed by atoms with Gasteiger partial charge in [0.25, 0.3) is 0 Å². The summed E-state index contributed by atoms with van der Waals surface area (Å²) < 4.78 is 0. The molecule has 2 rings (SSSR count). The molecule has 92 valence electrons. The van der Waals surface area contributed by atoms with Gasteiger partial charge < -0.3 is 10.2 Å². The molecule has 2 N–H and O–H groups in total. The standard InChI is InChI=1S/C14H12O3S/c1-18-13-4-2-9(3-5-13)10-6-11(14(16)17)8-12(15)7-10/h2-8,15H,1H3,(H,16,17). The number of carboxylic acid groups (broad SMARTS) is 1. The van der Waals surface area contributed by atoms with Gasteiger partial charge in [-0.25, -0.2) is 4.79 Å². The van der Waals surface area contributed by atoms with Crippen molar-refractivity contribution in [2.75, 3.05) is 6.26 Å². The topological polar surface area (TPSA) is 57.5 Å². The van der Waals surface area contributed by atoms with Crippen LogP contribution in [-0.2, 0) is 0 Å². The molecule has 0 saturated carbocycles. The largest absolute Gasteiger partial charge is 0.508 e. The summed E-state index contributed by atoms with van der Waals surface area (Å²) in [5.74, 6) is -1.09. The first-order valence-corrected chi connectivity index (χ1v) is 6.54. The highest BCUT2D eigenvalue weighted by molar-refractivity contribution is 7.98. The first-order valence-electron chi connectivity index (χ1n) is 5.32. The van der Waals surface area contributed by atoms with Crippen molar-refractivity contribution in [2.45, 2.75) is 4.90 Å². The molecule has 0 unspecified atom stereocenters. The van der Waals surface area contributed by atoms with Crippen molar-refractivity contribution < 1.29 is 15.0 Å². The molecule has 0 heterocycles. The van der Waals surface area contributed by atoms with Gasteiger partial charge in [-0.3, -0.25) is 0 Å². The van der Waals surface area contributed by atoms with Gasteiger partial charge in [0, 0.05) is 4.90 Å². The summed E-state index contributed by atoms with van der Waals surface area (Å²) in [6.07, 6.45) is 1.99. The molecule has 0 fully saturated rings. The second-order valence-corrected chi connectivity index (χ2v) is 4.68. The van der Waals surface area contributed by atoms with Crippen LogP contribution in [0, 0.1) is 0 Å². The summed E-state index contributed by atoms with van der Waals surface area (Å²) in [6, 6.07) is 12.1. The van der Waals surface area contributed by atoms with Crippen molar-refractivity contribution in [3.05, 3.63) is 48.0 Å². The molecule has 0 atom stereocenters. The van der Waals surface area contributed by atoms with E-state index in [9.17, 15) is 9.90 Å². The Bertz CT molecular complexity index is 576. The molecule has 0 radical (unpaired) electrons. The van der Waals surface area contributed by atoms with Gasteiger partial charge in [-0.15, -0.1) is 11.8 Å². The average molecular weight is 260 g/mol. The number of thioether (sulfide) groups is 1. The van der Waals surface area contributed by atoms with Gasteiger partial charge in [0.1, 0.15) is 5.75 Å². The van der Waals surface area contributed by atoms with Gasteiger partial charge in [0.2, 0.25) is 0 Å². The number of phenolic OH excluding ortho intramolecular Hbond substituents is 1. The zero-order valence-corrected chi connectivity index (χ0v) is 10.6. The average Bonchev–Trinajstić information content (AvgIpc) is 2.38. The van der Waals surface area contributed by atoms with Crippen molar-refractivity contribution in [1.29, 1.82) is 0 Å². The van der Waals surface area contributed by atoms with Crippen LogP contribution < -0.4 is 0 Å². The van der Waals surface area contributed by atoms with Crippen LogP contribution in [0.2, 0.25) is 0 Å². The predicted molar refractivity (Wildman–Crippen MR) is 72.3 cm³/mol. The first-order chi connectivity index (χ1) is 8.60. The quantitative estimate of drug-likeness (QED) is 0.829. The number of phenols is 1. The molecule has 0 saturated heterocycles. The first kappa shape index (κ1) is 12.5. The fourth-order valence-electron chi connectivity index (χ4n) is 1.68. The van der Waals surface area contributed by atoms with E-state index < -0.39 is 5.97 Å². The van der Waals surface area contributed by atoms with Crippen LogP contribution in [0.4, 0.5) is 0 Å². The molecule has 2 aromatic carbocycles. The Balaban J connectivity index is 2.46. The maximum atomic E-state index is 10.9. The van der Waals surface area contributed by atoms with Crippen LogP contribution in [0.5, 0.6) is 5.75 Å². The lowest BCUT2D eigenvalue weighted by atomic mass is 10.0. The number of benzene rings is 2. The second-order valence-electron chi connectivity index (χ2n) is 3.80. The lowest BCUT2D eigenvalue weighted by molar-refractivity contribution is 0.0696. The molecule has 18 heavy (non-hydrogen) atoms. The number of rotatable bonds is 3. The molecule has 3 nitrogen and oxygen atoms in total. The van der Waals surface area contributed by atoms with Gasteiger partial charge in [-0.1, -0.05) is 12.1 Å². The summed E-state index contributed by atoms with van der Waals surface area (Å²) in [7, 11) is 0. The van der Waals surface area contributed by atoms with Crippen LogP contribution in [0.1, 0.15) is 10.4 Å². The van der Waals surface area contributed by atoms with E-state index in [4.69, 9.17) is 5.11 Å². The van der Waals surface area contributed by atoms with Crippen molar-refractivity contribution in [3.8, 4) is 16.9 Å². The number of hydrogen-bond donors (Lipinski definition) is 2. The van der Waals surface area contributed by atoms with Gasteiger partial charge >= 0.3 is 5.97 Å². The van der Waals surface area contributed by atoms with E-state index in [1.807, 2.05) is 30.5 Å². The maximum Gasteiger partial charge on any atom is 0.335 e. The highest BCUT2D eigenvalue weighted by atomic mass is 32.2. The zero-order chi connectivity index (χ0) is 13.1. The number of carboxylic acids is 1. The van der Waals surface area contributed by atoms with Crippen molar-refractivity contribution in [1.82, 2.24) is 0 Å². The molecule has 0 spiro atoms. The Morgan fingerprint density at radius 3 is 2.28 bits per heavy atom. The summed E-state index contributed by atoms with van der Waals surface area (Å²) >= 11 is 1.64. The molecule has 0 aliphatic rings. The van der Waals surface area contributed by atoms with E-state index in [2.05, 4.69) is 0 Å². The third-order valence-corrected chi connectivity index (χ3v) is 3.33. The lowest BCUT2D eigenvalue weighted by Crippen LogP contribution is -1.96. The smallest absolute Gasteiger partial charge is 0.335 e. The highest BCUT2D eigenvalue weighted by Gasteiger charge is 2.08. The molecular weight excluding hydrogens is 248 g/mol. The van der Waals surface area contributed by atoms with E-state index in [-0.39, 0.29) is 11.3 Å². The van der Waals surface area contributed by atoms with E-state index in [1.165, 1.54) is 6.07 Å². The van der Waals surface area contributed by atoms with Crippen LogP contribution >= 0.6 is 11.8 Å². The minimum absolute atomic E-state index is 0.0427. The molecule has 0 amide bonds. The SMILES string of the molecule is CSc1ccc(-c2cc(O)cc(C(=O)O)c2)cc1. The zero-order valence-electron chi connectivity index (χ0n) is 9.75. The molecule has 0 aliphatic heterocycles. The summed E-state index contributed by atoms with van der Waals surface area (Å²) in [6.45, 7) is 0. The number of carbonyl (C=O) groups is 1. The van der Waals surface area contributed by atoms with Crippen molar-refractivity contribution in [3.63, 3.8) is 0 Å². The van der Waals surface area contributed by atoms with Crippen LogP contribution in [0.3, 0.4) is 0 Å². The monoisotopic (exact) mass is 260 g/mol. The second kappa shape index (κ2) is 5.14. The summed E-state index contributed by atoms with van der Waals surface area (Å²) in [4.78, 5) is 12.1. The van der Waals surface area contributed by atoms with E-state index >= 15 is 0 Å². The Labute approximate surface area is 109 Å². The molecule has 0 bridgehead atoms. The molecular formula is C14H12O3S. The minimum atomic E-state index is -1.05. The fraction of sp³-hybridized carbons (Fsp3) is 0.0714. The van der Waals surface area contributed by atoms with Crippen molar-refractivity contribution >= 4 is 17.7 Å². The Hall–Kier alpha value is -1.94. The Morgan fingerprint density at radius 2 is 1.72 bits per heavy atom. The van der Waals surface area contributed by atoms with E-state index in [0.717, 1.165) is 10.5 Å². The fourth-order valence-corrected chi connectivity index (χ4v) is 2.09. The van der Waals surface area contributed by atoms with E-state index in [0.29, 0.717) is 5.56 Å². The van der Waals surface area contributed by atoms with Gasteiger partial charge in [-0.05, 0) is 47.7 Å². The Morgan fingerprint density at radius 1 is 1.06 bits per heavy atom. The van der Waals surface area contributed by atoms with Gasteiger partial charge in [0.05, 0.1) is 5.56 Å². The number of aromatic hydroxyl groups is 1. The summed E-state index contributed by atoms with van der Waals surface area (Å²) in [5.41, 5.74) is 1.66. The van der Waals surface area contributed by atoms with Gasteiger partial charge in [-0.2, -0.15) is 0 Å². The molecule has 2 aromatic rings. The van der Waals surface area contributed by atoms with Crippen LogP contribution in [0.15, 0.2) is 47.4 Å². The normalized spacial score (nSPS) is 10.3. The van der Waals surface area contributed by atoms with Crippen LogP contribution in [-0.4, -0.2) is 22.4 Å². The third kappa shape index (κ3) is 2.65. The van der Waals surface area contributed by atoms with E-state index in [1.54, 1.807) is 23.9 Å². The molecule has 0 aromatic heterocycles. The van der Waals surface area contributed by atoms with Gasteiger partial charge in [0.15, 0.2) is 0 Å². The van der Waals surface area contributed by atoms with Crippen molar-refractivity contribution in [2.24, 2.45) is 0 Å². The summed E-state index contributed by atoms with van der Waals surface area (Å²) in [5, 5.41) is 18.5.